The number of para-hydroxylation sites is 1. The highest BCUT2D eigenvalue weighted by atomic mass is 79.9. The van der Waals surface area contributed by atoms with Crippen molar-refractivity contribution in [1.82, 2.24) is 4.98 Å². The third-order valence-corrected chi connectivity index (χ3v) is 9.76. The summed E-state index contributed by atoms with van der Waals surface area (Å²) in [6.07, 6.45) is 8.41. The number of rotatable bonds is 8. The normalized spacial score (nSPS) is 23.7. The highest BCUT2D eigenvalue weighted by Crippen LogP contribution is 2.50. The Morgan fingerprint density at radius 1 is 0.905 bits per heavy atom. The van der Waals surface area contributed by atoms with Crippen LogP contribution in [0, 0.1) is 11.8 Å². The number of benzene rings is 4. The summed E-state index contributed by atoms with van der Waals surface area (Å²) in [7, 11) is 0. The Morgan fingerprint density at radius 2 is 1.57 bits per heavy atom. The van der Waals surface area contributed by atoms with Crippen molar-refractivity contribution < 1.29 is 26.2 Å². The van der Waals surface area contributed by atoms with Gasteiger partial charge in [-0.1, -0.05) is 86.3 Å². The van der Waals surface area contributed by atoms with Crippen molar-refractivity contribution >= 4 is 32.4 Å². The van der Waals surface area contributed by atoms with Crippen LogP contribution in [-0.4, -0.2) is 35.2 Å². The molecule has 0 amide bonds. The van der Waals surface area contributed by atoms with Gasteiger partial charge in [-0.25, -0.2) is 0 Å². The molecule has 1 aromatic heterocycles. The van der Waals surface area contributed by atoms with Crippen LogP contribution in [0.5, 0.6) is 0 Å². The molecule has 2 bridgehead atoms. The molecule has 3 aliphatic rings. The molecule has 8 rings (SSSR count). The lowest BCUT2D eigenvalue weighted by Gasteiger charge is -2.58. The number of nitrogens with zero attached hydrogens (tertiary/aromatic N) is 2. The summed E-state index contributed by atoms with van der Waals surface area (Å²) >= 11 is 0. The van der Waals surface area contributed by atoms with E-state index >= 15 is 0 Å². The average molecular weight is 622 g/mol. The first-order valence-electron chi connectivity index (χ1n) is 14.6. The van der Waals surface area contributed by atoms with Crippen molar-refractivity contribution in [1.29, 1.82) is 0 Å². The van der Waals surface area contributed by atoms with Crippen LogP contribution in [0.3, 0.4) is 0 Å². The number of hydrogen-bond donors (Lipinski definition) is 0. The smallest absolute Gasteiger partial charge is 0.135 e. The van der Waals surface area contributed by atoms with Crippen LogP contribution in [0.1, 0.15) is 37.5 Å². The number of halogens is 1. The van der Waals surface area contributed by atoms with Gasteiger partial charge in [-0.15, -0.1) is 13.2 Å². The van der Waals surface area contributed by atoms with Crippen molar-refractivity contribution in [2.75, 3.05) is 19.7 Å². The second kappa shape index (κ2) is 12.5. The SMILES string of the molecule is C.C=CCO[C@H](c1ccnc2ccccc12)C1CC2CC[N+]1(Cc1c3ccccc3cc3ccccc13)CC2C=C.[Br-]. The van der Waals surface area contributed by atoms with Crippen molar-refractivity contribution in [3.8, 4) is 0 Å². The molecule has 3 nitrogen and oxygen atoms in total. The van der Waals surface area contributed by atoms with Crippen LogP contribution in [0.25, 0.3) is 32.4 Å². The van der Waals surface area contributed by atoms with Gasteiger partial charge in [0.2, 0.25) is 0 Å². The molecule has 3 fully saturated rings. The van der Waals surface area contributed by atoms with Gasteiger partial charge in [0.05, 0.1) is 25.2 Å². The second-order valence-electron chi connectivity index (χ2n) is 11.8. The number of ether oxygens (including phenoxy) is 1. The van der Waals surface area contributed by atoms with E-state index in [-0.39, 0.29) is 30.5 Å². The van der Waals surface area contributed by atoms with Crippen molar-refractivity contribution in [2.45, 2.75) is 39.0 Å². The fourth-order valence-electron chi connectivity index (χ4n) is 7.90. The molecule has 4 aromatic carbocycles. The van der Waals surface area contributed by atoms with Gasteiger partial charge in [-0.3, -0.25) is 4.98 Å². The van der Waals surface area contributed by atoms with E-state index in [0.29, 0.717) is 24.5 Å². The van der Waals surface area contributed by atoms with E-state index in [1.165, 1.54) is 44.5 Å². The highest BCUT2D eigenvalue weighted by molar-refractivity contribution is 6.02. The Morgan fingerprint density at radius 3 is 2.26 bits per heavy atom. The number of piperidine rings is 3. The molecule has 5 aromatic rings. The van der Waals surface area contributed by atoms with Gasteiger partial charge in [0.1, 0.15) is 18.7 Å². The summed E-state index contributed by atoms with van der Waals surface area (Å²) in [5.41, 5.74) is 3.74. The third kappa shape index (κ3) is 5.10. The third-order valence-electron chi connectivity index (χ3n) is 9.76. The second-order valence-corrected chi connectivity index (χ2v) is 11.8. The number of aromatic nitrogens is 1. The first-order valence-corrected chi connectivity index (χ1v) is 14.6. The summed E-state index contributed by atoms with van der Waals surface area (Å²) in [6.45, 7) is 12.1. The van der Waals surface area contributed by atoms with E-state index < -0.39 is 0 Å². The first kappa shape index (κ1) is 30.2. The molecule has 5 atom stereocenters. The van der Waals surface area contributed by atoms with E-state index in [4.69, 9.17) is 4.74 Å². The van der Waals surface area contributed by atoms with E-state index in [9.17, 15) is 0 Å². The summed E-state index contributed by atoms with van der Waals surface area (Å²) in [6, 6.07) is 31.2. The molecule has 0 saturated carbocycles. The molecule has 0 spiro atoms. The quantitative estimate of drug-likeness (QED) is 0.120. The Balaban J connectivity index is 0.00000176. The summed E-state index contributed by atoms with van der Waals surface area (Å²) in [4.78, 5) is 4.68. The predicted molar refractivity (Wildman–Crippen MR) is 173 cm³/mol. The lowest BCUT2D eigenvalue weighted by atomic mass is 9.70. The molecule has 0 N–H and O–H groups in total. The largest absolute Gasteiger partial charge is 1.00 e. The topological polar surface area (TPSA) is 22.1 Å². The maximum Gasteiger partial charge on any atom is 0.135 e. The van der Waals surface area contributed by atoms with Gasteiger partial charge in [-0.05, 0) is 51.2 Å². The minimum absolute atomic E-state index is 0. The fraction of sp³-hybridized carbons (Fsp3) is 0.289. The van der Waals surface area contributed by atoms with Crippen molar-refractivity contribution in [3.63, 3.8) is 0 Å². The molecule has 0 radical (unpaired) electrons. The van der Waals surface area contributed by atoms with Crippen LogP contribution in [0.2, 0.25) is 0 Å². The zero-order chi connectivity index (χ0) is 27.1. The van der Waals surface area contributed by atoms with Crippen LogP contribution in [0.15, 0.2) is 116 Å². The summed E-state index contributed by atoms with van der Waals surface area (Å²) in [5, 5.41) is 6.56. The van der Waals surface area contributed by atoms with Gasteiger partial charge >= 0.3 is 0 Å². The molecule has 4 unspecified atom stereocenters. The van der Waals surface area contributed by atoms with Gasteiger partial charge in [0.15, 0.2) is 0 Å². The lowest BCUT2D eigenvalue weighted by molar-refractivity contribution is -0.984. The van der Waals surface area contributed by atoms with Crippen LogP contribution < -0.4 is 17.0 Å². The van der Waals surface area contributed by atoms with Crippen LogP contribution >= 0.6 is 0 Å². The van der Waals surface area contributed by atoms with Crippen LogP contribution in [-0.2, 0) is 11.3 Å². The molecule has 0 aliphatic carbocycles. The van der Waals surface area contributed by atoms with Crippen molar-refractivity contribution in [3.05, 3.63) is 128 Å². The van der Waals surface area contributed by atoms with Crippen LogP contribution in [0.4, 0.5) is 0 Å². The zero-order valence-corrected chi connectivity index (χ0v) is 25.0. The highest BCUT2D eigenvalue weighted by Gasteiger charge is 2.54. The number of fused-ring (bicyclic) bond motifs is 6. The molecule has 4 heteroatoms. The molecule has 42 heavy (non-hydrogen) atoms. The predicted octanol–water partition coefficient (Wildman–Crippen LogP) is 6.04. The summed E-state index contributed by atoms with van der Waals surface area (Å²) in [5.74, 6) is 1.18. The van der Waals surface area contributed by atoms with E-state index in [1.54, 1.807) is 0 Å². The maximum atomic E-state index is 6.80. The Hall–Kier alpha value is -3.31. The molecular weight excluding hydrogens is 580 g/mol. The molecule has 4 heterocycles. The first-order chi connectivity index (χ1) is 19.7. The van der Waals surface area contributed by atoms with Gasteiger partial charge in [0.25, 0.3) is 0 Å². The van der Waals surface area contributed by atoms with Gasteiger partial charge in [0, 0.05) is 35.9 Å². The molecule has 3 saturated heterocycles. The molecular formula is C38H41BrN2O. The zero-order valence-electron chi connectivity index (χ0n) is 23.5. The van der Waals surface area contributed by atoms with E-state index in [1.807, 2.05) is 12.3 Å². The van der Waals surface area contributed by atoms with E-state index in [0.717, 1.165) is 36.1 Å². The number of pyridine rings is 1. The summed E-state index contributed by atoms with van der Waals surface area (Å²) < 4.78 is 7.81. The molecule has 3 aliphatic heterocycles. The number of quaternary nitrogens is 1. The van der Waals surface area contributed by atoms with E-state index in [2.05, 4.69) is 109 Å². The average Bonchev–Trinajstić information content (AvgIpc) is 3.01. The van der Waals surface area contributed by atoms with Gasteiger partial charge < -0.3 is 26.2 Å². The Labute approximate surface area is 260 Å². The van der Waals surface area contributed by atoms with Gasteiger partial charge in [-0.2, -0.15) is 0 Å². The maximum absolute atomic E-state index is 6.80. The van der Waals surface area contributed by atoms with Crippen molar-refractivity contribution in [2.24, 2.45) is 11.8 Å². The fourth-order valence-corrected chi connectivity index (χ4v) is 7.90. The minimum atomic E-state index is -0.0410. The Kier molecular flexibility index (Phi) is 8.98. The Bertz CT molecular complexity index is 1670. The lowest BCUT2D eigenvalue weighted by Crippen LogP contribution is -3.00. The number of hydrogen-bond acceptors (Lipinski definition) is 2. The molecule has 216 valence electrons. The monoisotopic (exact) mass is 620 g/mol. The minimum Gasteiger partial charge on any atom is -1.00 e. The standard InChI is InChI=1S/C37H37N2O.CH4.BrH/c1-3-21-40-37(33-17-19-38-35-16-10-9-15-32(33)35)36-23-27-18-20-39(36,24-26(27)4-2)25-34-30-13-7-5-11-28(30)22-29-12-6-8-14-31(29)34;;/h3-17,19,22,26-27,36-37H,1-2,18,20-21,23-25H2;1H4;1H/q+1;;/p-1/t26?,27?,36?,37-,39?;;/m1../s1.